The maximum atomic E-state index is 12.4. The highest BCUT2D eigenvalue weighted by molar-refractivity contribution is 5.97. The van der Waals surface area contributed by atoms with Gasteiger partial charge in [0.1, 0.15) is 5.92 Å². The SMILES string of the molecule is C[C@@]12C=C[C@@H](O1)[C@@H](C(=O)O)[C@H]2C(=O)Nc1cccnc1. The summed E-state index contributed by atoms with van der Waals surface area (Å²) in [5, 5.41) is 12.0. The summed E-state index contributed by atoms with van der Waals surface area (Å²) in [6.07, 6.45) is 6.06. The number of aliphatic carboxylic acids is 1. The molecule has 0 aliphatic carbocycles. The molecule has 1 aromatic rings. The summed E-state index contributed by atoms with van der Waals surface area (Å²) in [6, 6.07) is 3.40. The number of carboxylic acid groups (broad SMARTS) is 1. The van der Waals surface area contributed by atoms with E-state index >= 15 is 0 Å². The molecular formula is C14H14N2O4. The molecule has 0 spiro atoms. The van der Waals surface area contributed by atoms with Crippen LogP contribution >= 0.6 is 0 Å². The largest absolute Gasteiger partial charge is 0.481 e. The number of carboxylic acids is 1. The summed E-state index contributed by atoms with van der Waals surface area (Å²) in [6.45, 7) is 1.74. The quantitative estimate of drug-likeness (QED) is 0.805. The van der Waals surface area contributed by atoms with Crippen LogP contribution in [-0.2, 0) is 14.3 Å². The Labute approximate surface area is 115 Å². The lowest BCUT2D eigenvalue weighted by atomic mass is 9.75. The minimum atomic E-state index is -1.02. The monoisotopic (exact) mass is 274 g/mol. The number of pyridine rings is 1. The molecule has 2 bridgehead atoms. The third-order valence-corrected chi connectivity index (χ3v) is 3.83. The van der Waals surface area contributed by atoms with Crippen LogP contribution in [0.4, 0.5) is 5.69 Å². The lowest BCUT2D eigenvalue weighted by Crippen LogP contribution is -2.44. The number of carbonyl (C=O) groups excluding carboxylic acids is 1. The molecule has 2 N–H and O–H groups in total. The summed E-state index contributed by atoms with van der Waals surface area (Å²) in [5.41, 5.74) is -0.322. The molecule has 104 valence electrons. The number of hydrogen-bond acceptors (Lipinski definition) is 4. The molecule has 3 rings (SSSR count). The van der Waals surface area contributed by atoms with Crippen LogP contribution in [0.2, 0.25) is 0 Å². The number of rotatable bonds is 3. The lowest BCUT2D eigenvalue weighted by Gasteiger charge is -2.27. The molecule has 6 heteroatoms. The summed E-state index contributed by atoms with van der Waals surface area (Å²) in [5.74, 6) is -2.99. The molecule has 2 aliphatic heterocycles. The first-order valence-corrected chi connectivity index (χ1v) is 6.32. The number of ether oxygens (including phenoxy) is 1. The first-order chi connectivity index (χ1) is 9.51. The van der Waals surface area contributed by atoms with Crippen molar-refractivity contribution in [2.24, 2.45) is 11.8 Å². The van der Waals surface area contributed by atoms with Gasteiger partial charge in [0.25, 0.3) is 0 Å². The number of hydrogen-bond donors (Lipinski definition) is 2. The fraction of sp³-hybridized carbons (Fsp3) is 0.357. The van der Waals surface area contributed by atoms with E-state index in [0.717, 1.165) is 0 Å². The van der Waals surface area contributed by atoms with Crippen LogP contribution in [0.25, 0.3) is 0 Å². The smallest absolute Gasteiger partial charge is 0.310 e. The number of nitrogens with one attached hydrogen (secondary N) is 1. The van der Waals surface area contributed by atoms with E-state index in [4.69, 9.17) is 4.74 Å². The highest BCUT2D eigenvalue weighted by atomic mass is 16.5. The molecule has 2 aliphatic rings. The van der Waals surface area contributed by atoms with Crippen LogP contribution in [0.5, 0.6) is 0 Å². The van der Waals surface area contributed by atoms with Gasteiger partial charge in [0, 0.05) is 6.20 Å². The normalized spacial score (nSPS) is 34.1. The zero-order valence-corrected chi connectivity index (χ0v) is 10.8. The number of carbonyl (C=O) groups is 2. The summed E-state index contributed by atoms with van der Waals surface area (Å²) in [7, 11) is 0. The zero-order valence-electron chi connectivity index (χ0n) is 10.8. The molecule has 1 amide bonds. The third-order valence-electron chi connectivity index (χ3n) is 3.83. The fourth-order valence-electron chi connectivity index (χ4n) is 2.94. The van der Waals surface area contributed by atoms with Gasteiger partial charge in [-0.3, -0.25) is 14.6 Å². The van der Waals surface area contributed by atoms with Gasteiger partial charge >= 0.3 is 5.97 Å². The molecule has 3 heterocycles. The molecule has 6 nitrogen and oxygen atoms in total. The van der Waals surface area contributed by atoms with Gasteiger partial charge in [-0.1, -0.05) is 12.2 Å². The van der Waals surface area contributed by atoms with E-state index in [2.05, 4.69) is 10.3 Å². The van der Waals surface area contributed by atoms with Crippen LogP contribution in [0.15, 0.2) is 36.7 Å². The fourth-order valence-corrected chi connectivity index (χ4v) is 2.94. The van der Waals surface area contributed by atoms with Crippen LogP contribution < -0.4 is 5.32 Å². The Kier molecular flexibility index (Phi) is 2.83. The van der Waals surface area contributed by atoms with E-state index < -0.39 is 29.5 Å². The summed E-state index contributed by atoms with van der Waals surface area (Å²) >= 11 is 0. The van der Waals surface area contributed by atoms with Crippen LogP contribution in [0.1, 0.15) is 6.92 Å². The van der Waals surface area contributed by atoms with Crippen molar-refractivity contribution in [3.05, 3.63) is 36.7 Å². The maximum Gasteiger partial charge on any atom is 0.310 e. The van der Waals surface area contributed by atoms with Gasteiger partial charge in [-0.25, -0.2) is 0 Å². The van der Waals surface area contributed by atoms with Crippen molar-refractivity contribution in [3.63, 3.8) is 0 Å². The Morgan fingerprint density at radius 3 is 2.95 bits per heavy atom. The minimum Gasteiger partial charge on any atom is -0.481 e. The molecule has 20 heavy (non-hydrogen) atoms. The van der Waals surface area contributed by atoms with E-state index in [0.29, 0.717) is 5.69 Å². The second-order valence-corrected chi connectivity index (χ2v) is 5.20. The van der Waals surface area contributed by atoms with Crippen molar-refractivity contribution in [2.45, 2.75) is 18.6 Å². The van der Waals surface area contributed by atoms with Gasteiger partial charge in [0.2, 0.25) is 5.91 Å². The van der Waals surface area contributed by atoms with E-state index in [1.807, 2.05) is 0 Å². The molecule has 0 radical (unpaired) electrons. The number of fused-ring (bicyclic) bond motifs is 2. The average molecular weight is 274 g/mol. The van der Waals surface area contributed by atoms with Crippen LogP contribution in [0, 0.1) is 11.8 Å². The Bertz CT molecular complexity index is 586. The minimum absolute atomic E-state index is 0.361. The van der Waals surface area contributed by atoms with Crippen molar-refractivity contribution in [2.75, 3.05) is 5.32 Å². The van der Waals surface area contributed by atoms with E-state index in [1.165, 1.54) is 6.20 Å². The van der Waals surface area contributed by atoms with Gasteiger partial charge in [-0.2, -0.15) is 0 Å². The second-order valence-electron chi connectivity index (χ2n) is 5.20. The van der Waals surface area contributed by atoms with Gasteiger partial charge in [-0.15, -0.1) is 0 Å². The summed E-state index contributed by atoms with van der Waals surface area (Å²) < 4.78 is 5.64. The predicted molar refractivity (Wildman–Crippen MR) is 69.9 cm³/mol. The molecule has 1 fully saturated rings. The predicted octanol–water partition coefficient (Wildman–Crippen LogP) is 1.06. The Morgan fingerprint density at radius 2 is 2.30 bits per heavy atom. The molecule has 1 saturated heterocycles. The molecule has 1 aromatic heterocycles. The van der Waals surface area contributed by atoms with E-state index in [1.54, 1.807) is 37.4 Å². The van der Waals surface area contributed by atoms with E-state index in [9.17, 15) is 14.7 Å². The average Bonchev–Trinajstić information content (AvgIpc) is 2.92. The van der Waals surface area contributed by atoms with Crippen molar-refractivity contribution in [1.82, 2.24) is 4.98 Å². The second kappa shape index (κ2) is 4.42. The highest BCUT2D eigenvalue weighted by Gasteiger charge is 2.59. The molecule has 0 saturated carbocycles. The van der Waals surface area contributed by atoms with Crippen LogP contribution in [-0.4, -0.2) is 33.7 Å². The first kappa shape index (κ1) is 12.8. The molecule has 4 atom stereocenters. The number of aromatic nitrogens is 1. The molecular weight excluding hydrogens is 260 g/mol. The number of anilines is 1. The Hall–Kier alpha value is -2.21. The van der Waals surface area contributed by atoms with Gasteiger partial charge < -0.3 is 15.2 Å². The number of nitrogens with zero attached hydrogens (tertiary/aromatic N) is 1. The van der Waals surface area contributed by atoms with Gasteiger partial charge in [0.05, 0.1) is 29.5 Å². The van der Waals surface area contributed by atoms with Crippen molar-refractivity contribution >= 4 is 17.6 Å². The molecule has 0 unspecified atom stereocenters. The van der Waals surface area contributed by atoms with Gasteiger partial charge in [-0.05, 0) is 19.1 Å². The highest BCUT2D eigenvalue weighted by Crippen LogP contribution is 2.47. The zero-order chi connectivity index (χ0) is 14.3. The van der Waals surface area contributed by atoms with Crippen molar-refractivity contribution in [1.29, 1.82) is 0 Å². The third kappa shape index (κ3) is 1.89. The maximum absolute atomic E-state index is 12.4. The number of amides is 1. The standard InChI is InChI=1S/C14H14N2O4/c1-14-5-4-9(20-14)10(13(18)19)11(14)12(17)16-8-3-2-6-15-7-8/h2-7,9-11H,1H3,(H,16,17)(H,18,19)/t9-,10-,11+,14+/m1/s1. The Balaban J connectivity index is 1.86. The van der Waals surface area contributed by atoms with Gasteiger partial charge in [0.15, 0.2) is 0 Å². The topological polar surface area (TPSA) is 88.5 Å². The lowest BCUT2D eigenvalue weighted by molar-refractivity contribution is -0.146. The van der Waals surface area contributed by atoms with Crippen molar-refractivity contribution < 1.29 is 19.4 Å². The molecule has 0 aromatic carbocycles. The Morgan fingerprint density at radius 1 is 1.50 bits per heavy atom. The van der Waals surface area contributed by atoms with Crippen LogP contribution in [0.3, 0.4) is 0 Å². The summed E-state index contributed by atoms with van der Waals surface area (Å²) in [4.78, 5) is 27.7. The van der Waals surface area contributed by atoms with E-state index in [-0.39, 0.29) is 5.91 Å². The van der Waals surface area contributed by atoms with Crippen molar-refractivity contribution in [3.8, 4) is 0 Å². The first-order valence-electron chi connectivity index (χ1n) is 6.32.